The number of likely N-dealkylation sites (tertiary alicyclic amines) is 1. The quantitative estimate of drug-likeness (QED) is 0.915. The highest BCUT2D eigenvalue weighted by molar-refractivity contribution is 5.85. The van der Waals surface area contributed by atoms with Crippen LogP contribution in [-0.2, 0) is 4.79 Å². The predicted octanol–water partition coefficient (Wildman–Crippen LogP) is 1.30. The highest BCUT2D eigenvalue weighted by atomic mass is 35.5. The Morgan fingerprint density at radius 3 is 2.60 bits per heavy atom. The van der Waals surface area contributed by atoms with Gasteiger partial charge in [-0.15, -0.1) is 12.4 Å². The van der Waals surface area contributed by atoms with Crippen LogP contribution in [0.2, 0.25) is 0 Å². The van der Waals surface area contributed by atoms with Crippen molar-refractivity contribution in [2.24, 2.45) is 11.8 Å². The number of nitrogens with one attached hydrogen (secondary N) is 1. The lowest BCUT2D eigenvalue weighted by Crippen LogP contribution is -2.35. The largest absolute Gasteiger partial charge is 0.481 e. The van der Waals surface area contributed by atoms with E-state index in [1.165, 1.54) is 12.1 Å². The minimum atomic E-state index is -0.433. The van der Waals surface area contributed by atoms with Gasteiger partial charge in [0.1, 0.15) is 0 Å². The summed E-state index contributed by atoms with van der Waals surface area (Å²) in [5.74, 6) is 0.780. The summed E-state index contributed by atoms with van der Waals surface area (Å²) in [6.45, 7) is 3.47. The van der Waals surface area contributed by atoms with Gasteiger partial charge >= 0.3 is 0 Å². The van der Waals surface area contributed by atoms with E-state index in [9.17, 15) is 9.18 Å². The zero-order chi connectivity index (χ0) is 13.2. The highest BCUT2D eigenvalue weighted by Gasteiger charge is 2.37. The van der Waals surface area contributed by atoms with Crippen molar-refractivity contribution >= 4 is 18.3 Å². The molecule has 1 amide bonds. The van der Waals surface area contributed by atoms with Crippen molar-refractivity contribution in [2.75, 3.05) is 32.8 Å². The van der Waals surface area contributed by atoms with Gasteiger partial charge in [-0.1, -0.05) is 12.1 Å². The molecule has 0 radical (unpaired) electrons. The van der Waals surface area contributed by atoms with Crippen LogP contribution in [0.25, 0.3) is 0 Å². The topological polar surface area (TPSA) is 41.6 Å². The molecule has 2 atom stereocenters. The van der Waals surface area contributed by atoms with Crippen molar-refractivity contribution in [3.8, 4) is 5.75 Å². The molecule has 0 saturated carbocycles. The molecule has 0 aromatic heterocycles. The number of carbonyl (C=O) groups is 1. The standard InChI is InChI=1S/C14H17FN2O2.ClH/c15-12-3-1-2-4-13(12)19-9-14(18)17-7-10-5-16-6-11(10)8-17;/h1-4,10-11,16H,5-9H2;1H/t10-,11+;. The van der Waals surface area contributed by atoms with Gasteiger partial charge < -0.3 is 15.0 Å². The Balaban J connectivity index is 0.00000147. The second-order valence-corrected chi connectivity index (χ2v) is 5.20. The van der Waals surface area contributed by atoms with E-state index in [1.54, 1.807) is 12.1 Å². The summed E-state index contributed by atoms with van der Waals surface area (Å²) in [6, 6.07) is 6.14. The van der Waals surface area contributed by atoms with Gasteiger partial charge in [0.25, 0.3) is 5.91 Å². The zero-order valence-electron chi connectivity index (χ0n) is 11.0. The second kappa shape index (κ2) is 6.41. The van der Waals surface area contributed by atoms with E-state index in [4.69, 9.17) is 4.74 Å². The number of halogens is 2. The maximum Gasteiger partial charge on any atom is 0.260 e. The van der Waals surface area contributed by atoms with Crippen LogP contribution in [0.4, 0.5) is 4.39 Å². The van der Waals surface area contributed by atoms with Crippen LogP contribution < -0.4 is 10.1 Å². The normalized spacial score (nSPS) is 24.1. The van der Waals surface area contributed by atoms with E-state index in [1.807, 2.05) is 4.90 Å². The Morgan fingerprint density at radius 2 is 1.95 bits per heavy atom. The number of carbonyl (C=O) groups excluding carboxylic acids is 1. The van der Waals surface area contributed by atoms with E-state index in [-0.39, 0.29) is 30.7 Å². The van der Waals surface area contributed by atoms with Gasteiger partial charge in [-0.25, -0.2) is 4.39 Å². The molecule has 0 aliphatic carbocycles. The average Bonchev–Trinajstić information content (AvgIpc) is 2.98. The molecule has 2 aliphatic rings. The molecular formula is C14H18ClFN2O2. The molecule has 0 unspecified atom stereocenters. The molecule has 2 saturated heterocycles. The number of nitrogens with zero attached hydrogens (tertiary/aromatic N) is 1. The molecule has 2 heterocycles. The number of hydrogen-bond donors (Lipinski definition) is 1. The monoisotopic (exact) mass is 300 g/mol. The van der Waals surface area contributed by atoms with Gasteiger partial charge in [0.05, 0.1) is 0 Å². The number of ether oxygens (including phenoxy) is 1. The fourth-order valence-corrected chi connectivity index (χ4v) is 2.85. The Labute approximate surface area is 123 Å². The Kier molecular flexibility index (Phi) is 4.83. The lowest BCUT2D eigenvalue weighted by Gasteiger charge is -2.17. The Morgan fingerprint density at radius 1 is 1.30 bits per heavy atom. The van der Waals surface area contributed by atoms with Gasteiger partial charge in [0, 0.05) is 26.2 Å². The van der Waals surface area contributed by atoms with Crippen LogP contribution >= 0.6 is 12.4 Å². The van der Waals surface area contributed by atoms with Crippen LogP contribution in [0.3, 0.4) is 0 Å². The molecule has 3 rings (SSSR count). The first-order valence-corrected chi connectivity index (χ1v) is 6.60. The lowest BCUT2D eigenvalue weighted by atomic mass is 10.0. The number of para-hydroxylation sites is 1. The van der Waals surface area contributed by atoms with Crippen molar-refractivity contribution in [3.05, 3.63) is 30.1 Å². The van der Waals surface area contributed by atoms with E-state index in [0.717, 1.165) is 26.2 Å². The molecule has 1 aromatic rings. The minimum absolute atomic E-state index is 0. The molecule has 0 spiro atoms. The predicted molar refractivity (Wildman–Crippen MR) is 75.6 cm³/mol. The maximum absolute atomic E-state index is 13.3. The van der Waals surface area contributed by atoms with Crippen LogP contribution in [-0.4, -0.2) is 43.6 Å². The van der Waals surface area contributed by atoms with Crippen molar-refractivity contribution < 1.29 is 13.9 Å². The van der Waals surface area contributed by atoms with E-state index in [2.05, 4.69) is 5.32 Å². The first kappa shape index (κ1) is 15.1. The summed E-state index contributed by atoms with van der Waals surface area (Å²) in [6.07, 6.45) is 0. The number of amides is 1. The minimum Gasteiger partial charge on any atom is -0.481 e. The summed E-state index contributed by atoms with van der Waals surface area (Å²) in [7, 11) is 0. The smallest absolute Gasteiger partial charge is 0.260 e. The summed E-state index contributed by atoms with van der Waals surface area (Å²) < 4.78 is 18.6. The zero-order valence-corrected chi connectivity index (χ0v) is 11.9. The van der Waals surface area contributed by atoms with Gasteiger partial charge in [0.15, 0.2) is 18.2 Å². The number of fused-ring (bicyclic) bond motifs is 1. The van der Waals surface area contributed by atoms with Gasteiger partial charge in [0.2, 0.25) is 0 Å². The van der Waals surface area contributed by atoms with Crippen LogP contribution in [0.1, 0.15) is 0 Å². The number of benzene rings is 1. The molecule has 2 fully saturated rings. The third-order valence-corrected chi connectivity index (χ3v) is 3.93. The number of hydrogen-bond acceptors (Lipinski definition) is 3. The summed E-state index contributed by atoms with van der Waals surface area (Å²) in [5, 5.41) is 3.33. The van der Waals surface area contributed by atoms with Crippen LogP contribution in [0.5, 0.6) is 5.75 Å². The molecule has 20 heavy (non-hydrogen) atoms. The summed E-state index contributed by atoms with van der Waals surface area (Å²) in [4.78, 5) is 13.8. The van der Waals surface area contributed by atoms with Crippen LogP contribution in [0, 0.1) is 17.7 Å². The lowest BCUT2D eigenvalue weighted by molar-refractivity contribution is -0.132. The van der Waals surface area contributed by atoms with Crippen molar-refractivity contribution in [3.63, 3.8) is 0 Å². The molecule has 1 N–H and O–H groups in total. The van der Waals surface area contributed by atoms with Crippen molar-refractivity contribution in [2.45, 2.75) is 0 Å². The molecule has 6 heteroatoms. The highest BCUT2D eigenvalue weighted by Crippen LogP contribution is 2.26. The van der Waals surface area contributed by atoms with Gasteiger partial charge in [-0.2, -0.15) is 0 Å². The summed E-state index contributed by atoms with van der Waals surface area (Å²) in [5.41, 5.74) is 0. The van der Waals surface area contributed by atoms with E-state index in [0.29, 0.717) is 11.8 Å². The fraction of sp³-hybridized carbons (Fsp3) is 0.500. The fourth-order valence-electron chi connectivity index (χ4n) is 2.85. The Hall–Kier alpha value is -1.33. The van der Waals surface area contributed by atoms with Gasteiger partial charge in [-0.3, -0.25) is 4.79 Å². The Bertz CT molecular complexity index is 474. The maximum atomic E-state index is 13.3. The molecule has 110 valence electrons. The molecular weight excluding hydrogens is 283 g/mol. The first-order valence-electron chi connectivity index (χ1n) is 6.60. The van der Waals surface area contributed by atoms with Gasteiger partial charge in [-0.05, 0) is 24.0 Å². The first-order chi connectivity index (χ1) is 9.24. The molecule has 0 bridgehead atoms. The molecule has 2 aliphatic heterocycles. The third kappa shape index (κ3) is 3.04. The SMILES string of the molecule is Cl.O=C(COc1ccccc1F)N1C[C@H]2CNC[C@H]2C1. The van der Waals surface area contributed by atoms with Crippen LogP contribution in [0.15, 0.2) is 24.3 Å². The van der Waals surface area contributed by atoms with Crippen molar-refractivity contribution in [1.29, 1.82) is 0 Å². The summed E-state index contributed by atoms with van der Waals surface area (Å²) >= 11 is 0. The average molecular weight is 301 g/mol. The van der Waals surface area contributed by atoms with E-state index < -0.39 is 5.82 Å². The van der Waals surface area contributed by atoms with Crippen molar-refractivity contribution in [1.82, 2.24) is 10.2 Å². The number of rotatable bonds is 3. The molecule has 1 aromatic carbocycles. The second-order valence-electron chi connectivity index (χ2n) is 5.20. The van der Waals surface area contributed by atoms with E-state index >= 15 is 0 Å². The molecule has 4 nitrogen and oxygen atoms in total. The third-order valence-electron chi connectivity index (χ3n) is 3.93.